The lowest BCUT2D eigenvalue weighted by atomic mass is 9.99. The molecule has 1 aliphatic rings. The molecule has 0 aromatic carbocycles. The maximum absolute atomic E-state index is 11.9. The molecule has 0 radical (unpaired) electrons. The largest absolute Gasteiger partial charge is 0.481 e. The summed E-state index contributed by atoms with van der Waals surface area (Å²) in [6.45, 7) is 2.62. The number of rotatable bonds is 4. The average molecular weight is 276 g/mol. The number of nitrogens with zero attached hydrogens (tertiary/aromatic N) is 1. The third-order valence-electron chi connectivity index (χ3n) is 2.91. The van der Waals surface area contributed by atoms with Crippen LogP contribution in [-0.2, 0) is 15.6 Å². The molecule has 0 aromatic rings. The highest BCUT2D eigenvalue weighted by atomic mass is 32.2. The van der Waals surface area contributed by atoms with Crippen LogP contribution in [-0.4, -0.2) is 57.4 Å². The van der Waals surface area contributed by atoms with Gasteiger partial charge < -0.3 is 15.3 Å². The fourth-order valence-electron chi connectivity index (χ4n) is 2.06. The van der Waals surface area contributed by atoms with Crippen molar-refractivity contribution in [3.63, 3.8) is 0 Å². The summed E-state index contributed by atoms with van der Waals surface area (Å²) in [6.07, 6.45) is 2.91. The summed E-state index contributed by atoms with van der Waals surface area (Å²) in [5, 5.41) is 11.7. The first kappa shape index (κ1) is 14.9. The summed E-state index contributed by atoms with van der Waals surface area (Å²) in [4.78, 5) is 24.3. The van der Waals surface area contributed by atoms with Crippen LogP contribution in [0.3, 0.4) is 0 Å². The zero-order chi connectivity index (χ0) is 13.7. The Morgan fingerprint density at radius 3 is 2.78 bits per heavy atom. The smallest absolute Gasteiger partial charge is 0.317 e. The SMILES string of the molecule is CC(CS(C)=O)NC(=O)N1CCC[C@@H](C(=O)O)C1. The number of amides is 2. The number of hydrogen-bond acceptors (Lipinski definition) is 3. The van der Waals surface area contributed by atoms with Gasteiger partial charge in [0.1, 0.15) is 0 Å². The molecular weight excluding hydrogens is 256 g/mol. The lowest BCUT2D eigenvalue weighted by Gasteiger charge is -2.31. The molecule has 0 aliphatic carbocycles. The molecule has 104 valence electrons. The van der Waals surface area contributed by atoms with Crippen molar-refractivity contribution in [2.45, 2.75) is 25.8 Å². The minimum atomic E-state index is -0.959. The first-order valence-electron chi connectivity index (χ1n) is 5.98. The van der Waals surface area contributed by atoms with Crippen molar-refractivity contribution in [1.82, 2.24) is 10.2 Å². The van der Waals surface area contributed by atoms with Gasteiger partial charge in [0.05, 0.1) is 5.92 Å². The van der Waals surface area contributed by atoms with Crippen LogP contribution in [0.2, 0.25) is 0 Å². The Morgan fingerprint density at radius 2 is 2.22 bits per heavy atom. The molecule has 7 heteroatoms. The van der Waals surface area contributed by atoms with Gasteiger partial charge in [0, 0.05) is 41.9 Å². The van der Waals surface area contributed by atoms with Crippen molar-refractivity contribution in [3.05, 3.63) is 0 Å². The van der Waals surface area contributed by atoms with Crippen LogP contribution in [0.15, 0.2) is 0 Å². The standard InChI is InChI=1S/C11H20N2O4S/c1-8(7-18(2)17)12-11(16)13-5-3-4-9(6-13)10(14)15/h8-9H,3-7H2,1-2H3,(H,12,16)(H,14,15)/t8?,9-,18?/m1/s1. The molecule has 0 spiro atoms. The van der Waals surface area contributed by atoms with E-state index in [2.05, 4.69) is 5.32 Å². The number of carboxylic acid groups (broad SMARTS) is 1. The Morgan fingerprint density at radius 1 is 1.56 bits per heavy atom. The monoisotopic (exact) mass is 276 g/mol. The molecule has 1 fully saturated rings. The van der Waals surface area contributed by atoms with Gasteiger partial charge in [-0.15, -0.1) is 0 Å². The normalized spacial score (nSPS) is 23.2. The molecular formula is C11H20N2O4S. The number of piperidine rings is 1. The van der Waals surface area contributed by atoms with E-state index in [0.717, 1.165) is 0 Å². The van der Waals surface area contributed by atoms with Gasteiger partial charge in [0.2, 0.25) is 0 Å². The van der Waals surface area contributed by atoms with Crippen molar-refractivity contribution in [3.8, 4) is 0 Å². The van der Waals surface area contributed by atoms with Crippen LogP contribution < -0.4 is 5.32 Å². The van der Waals surface area contributed by atoms with Gasteiger partial charge in [-0.05, 0) is 19.8 Å². The van der Waals surface area contributed by atoms with E-state index in [1.54, 1.807) is 13.2 Å². The Balaban J connectivity index is 2.46. The summed E-state index contributed by atoms with van der Waals surface area (Å²) < 4.78 is 11.0. The second-order valence-corrected chi connectivity index (χ2v) is 6.19. The first-order valence-corrected chi connectivity index (χ1v) is 7.71. The maximum Gasteiger partial charge on any atom is 0.317 e. The van der Waals surface area contributed by atoms with Crippen LogP contribution in [0.4, 0.5) is 4.79 Å². The molecule has 0 saturated carbocycles. The quantitative estimate of drug-likeness (QED) is 0.771. The van der Waals surface area contributed by atoms with E-state index in [4.69, 9.17) is 5.11 Å². The highest BCUT2D eigenvalue weighted by Crippen LogP contribution is 2.16. The van der Waals surface area contributed by atoms with Gasteiger partial charge in [-0.3, -0.25) is 9.00 Å². The number of hydrogen-bond donors (Lipinski definition) is 2. The molecule has 1 aliphatic heterocycles. The van der Waals surface area contributed by atoms with E-state index >= 15 is 0 Å². The minimum absolute atomic E-state index is 0.173. The Bertz CT molecular complexity index is 348. The molecule has 18 heavy (non-hydrogen) atoms. The molecule has 1 saturated heterocycles. The number of carboxylic acids is 1. The lowest BCUT2D eigenvalue weighted by Crippen LogP contribution is -2.50. The van der Waals surface area contributed by atoms with E-state index in [1.165, 1.54) is 4.90 Å². The van der Waals surface area contributed by atoms with Crippen LogP contribution in [0.1, 0.15) is 19.8 Å². The zero-order valence-corrected chi connectivity index (χ0v) is 11.5. The average Bonchev–Trinajstić information content (AvgIpc) is 2.27. The number of aliphatic carboxylic acids is 1. The van der Waals surface area contributed by atoms with Gasteiger partial charge in [-0.2, -0.15) is 0 Å². The van der Waals surface area contributed by atoms with Gasteiger partial charge in [0.25, 0.3) is 0 Å². The van der Waals surface area contributed by atoms with Crippen molar-refractivity contribution in [2.24, 2.45) is 5.92 Å². The second kappa shape index (κ2) is 6.72. The van der Waals surface area contributed by atoms with E-state index in [0.29, 0.717) is 25.1 Å². The zero-order valence-electron chi connectivity index (χ0n) is 10.7. The van der Waals surface area contributed by atoms with E-state index in [9.17, 15) is 13.8 Å². The number of carbonyl (C=O) groups is 2. The highest BCUT2D eigenvalue weighted by Gasteiger charge is 2.28. The number of carbonyl (C=O) groups excluding carboxylic acids is 1. The van der Waals surface area contributed by atoms with Gasteiger partial charge in [0.15, 0.2) is 0 Å². The van der Waals surface area contributed by atoms with Crippen molar-refractivity contribution in [2.75, 3.05) is 25.1 Å². The summed E-state index contributed by atoms with van der Waals surface area (Å²) in [5.41, 5.74) is 0. The van der Waals surface area contributed by atoms with E-state index in [-0.39, 0.29) is 18.6 Å². The maximum atomic E-state index is 11.9. The minimum Gasteiger partial charge on any atom is -0.481 e. The molecule has 0 aromatic heterocycles. The van der Waals surface area contributed by atoms with Crippen molar-refractivity contribution >= 4 is 22.8 Å². The van der Waals surface area contributed by atoms with E-state index in [1.807, 2.05) is 0 Å². The summed E-state index contributed by atoms with van der Waals surface area (Å²) >= 11 is 0. The van der Waals surface area contributed by atoms with Gasteiger partial charge in [-0.1, -0.05) is 0 Å². The molecule has 2 N–H and O–H groups in total. The third-order valence-corrected chi connectivity index (χ3v) is 3.88. The molecule has 6 nitrogen and oxygen atoms in total. The Kier molecular flexibility index (Phi) is 5.58. The molecule has 2 unspecified atom stereocenters. The van der Waals surface area contributed by atoms with E-state index < -0.39 is 22.7 Å². The summed E-state index contributed by atoms with van der Waals surface area (Å²) in [7, 11) is -0.959. The topological polar surface area (TPSA) is 86.7 Å². The molecule has 2 amide bonds. The van der Waals surface area contributed by atoms with Crippen LogP contribution in [0.25, 0.3) is 0 Å². The molecule has 0 bridgehead atoms. The summed E-state index contributed by atoms with van der Waals surface area (Å²) in [5.74, 6) is -0.919. The first-order chi connectivity index (χ1) is 8.40. The molecule has 3 atom stereocenters. The second-order valence-electron chi connectivity index (χ2n) is 4.71. The third kappa shape index (κ3) is 4.64. The predicted molar refractivity (Wildman–Crippen MR) is 68.9 cm³/mol. The number of likely N-dealkylation sites (tertiary alicyclic amines) is 1. The van der Waals surface area contributed by atoms with Gasteiger partial charge >= 0.3 is 12.0 Å². The van der Waals surface area contributed by atoms with Crippen molar-refractivity contribution in [1.29, 1.82) is 0 Å². The van der Waals surface area contributed by atoms with Crippen molar-refractivity contribution < 1.29 is 18.9 Å². The molecule has 1 rings (SSSR count). The fourth-order valence-corrected chi connectivity index (χ4v) is 2.85. The fraction of sp³-hybridized carbons (Fsp3) is 0.818. The predicted octanol–water partition coefficient (Wildman–Crippen LogP) is 0.260. The summed E-state index contributed by atoms with van der Waals surface area (Å²) in [6, 6.07) is -0.438. The van der Waals surface area contributed by atoms with Gasteiger partial charge in [-0.25, -0.2) is 4.79 Å². The van der Waals surface area contributed by atoms with Crippen LogP contribution in [0.5, 0.6) is 0 Å². The van der Waals surface area contributed by atoms with Crippen LogP contribution >= 0.6 is 0 Å². The lowest BCUT2D eigenvalue weighted by molar-refractivity contribution is -0.143. The number of urea groups is 1. The van der Waals surface area contributed by atoms with Crippen LogP contribution in [0, 0.1) is 5.92 Å². The highest BCUT2D eigenvalue weighted by molar-refractivity contribution is 7.84. The Labute approximate surface area is 109 Å². The number of nitrogens with one attached hydrogen (secondary N) is 1. The Hall–Kier alpha value is -1.11. The molecule has 1 heterocycles.